The highest BCUT2D eigenvalue weighted by Crippen LogP contribution is 2.31. The fourth-order valence-corrected chi connectivity index (χ4v) is 2.36. The van der Waals surface area contributed by atoms with Gasteiger partial charge in [-0.15, -0.1) is 0 Å². The van der Waals surface area contributed by atoms with Gasteiger partial charge in [-0.05, 0) is 30.3 Å². The Labute approximate surface area is 156 Å². The lowest BCUT2D eigenvalue weighted by Gasteiger charge is -2.10. The summed E-state index contributed by atoms with van der Waals surface area (Å²) in [6.07, 6.45) is 2.64. The monoisotopic (exact) mass is 374 g/mol. The number of ketones is 1. The lowest BCUT2D eigenvalue weighted by molar-refractivity contribution is -0.136. The minimum absolute atomic E-state index is 0.00347. The third kappa shape index (κ3) is 5.07. The van der Waals surface area contributed by atoms with Crippen molar-refractivity contribution in [2.24, 2.45) is 0 Å². The van der Waals surface area contributed by atoms with Crippen LogP contribution in [0.5, 0.6) is 17.2 Å². The van der Waals surface area contributed by atoms with E-state index in [0.29, 0.717) is 17.1 Å². The van der Waals surface area contributed by atoms with E-state index in [9.17, 15) is 14.0 Å². The topological polar surface area (TPSA) is 71.1 Å². The molecule has 0 N–H and O–H groups in total. The van der Waals surface area contributed by atoms with Crippen molar-refractivity contribution in [1.82, 2.24) is 0 Å². The van der Waals surface area contributed by atoms with Gasteiger partial charge in [0.1, 0.15) is 11.6 Å². The van der Waals surface area contributed by atoms with Gasteiger partial charge < -0.3 is 18.9 Å². The van der Waals surface area contributed by atoms with Crippen molar-refractivity contribution in [1.29, 1.82) is 0 Å². The molecule has 0 saturated carbocycles. The van der Waals surface area contributed by atoms with Gasteiger partial charge in [-0.25, -0.2) is 9.18 Å². The number of carbonyl (C=O) groups excluding carboxylic acids is 2. The summed E-state index contributed by atoms with van der Waals surface area (Å²) in [6, 6.07) is 8.73. The van der Waals surface area contributed by atoms with E-state index in [4.69, 9.17) is 18.9 Å². The summed E-state index contributed by atoms with van der Waals surface area (Å²) in [5.41, 5.74) is 0.607. The molecule has 0 aliphatic rings. The predicted molar refractivity (Wildman–Crippen MR) is 96.8 cm³/mol. The Balaban J connectivity index is 2.04. The predicted octanol–water partition coefficient (Wildman–Crippen LogP) is 3.29. The van der Waals surface area contributed by atoms with Crippen LogP contribution in [0.4, 0.5) is 4.39 Å². The van der Waals surface area contributed by atoms with Crippen molar-refractivity contribution < 1.29 is 32.9 Å². The quantitative estimate of drug-likeness (QED) is 0.401. The fourth-order valence-electron chi connectivity index (χ4n) is 2.36. The molecule has 0 atom stereocenters. The van der Waals surface area contributed by atoms with Crippen LogP contribution in [0, 0.1) is 5.82 Å². The number of hydrogen-bond acceptors (Lipinski definition) is 6. The zero-order valence-corrected chi connectivity index (χ0v) is 15.2. The molecule has 2 aromatic carbocycles. The van der Waals surface area contributed by atoms with Crippen molar-refractivity contribution in [3.63, 3.8) is 0 Å². The highest BCUT2D eigenvalue weighted by Gasteiger charge is 2.15. The average molecular weight is 374 g/mol. The van der Waals surface area contributed by atoms with Crippen LogP contribution in [0.15, 0.2) is 42.5 Å². The van der Waals surface area contributed by atoms with Crippen molar-refractivity contribution in [3.8, 4) is 17.2 Å². The van der Waals surface area contributed by atoms with Gasteiger partial charge in [0.05, 0.1) is 26.9 Å². The number of ether oxygens (including phenoxy) is 4. The minimum Gasteiger partial charge on any atom is -0.496 e. The second kappa shape index (κ2) is 9.38. The molecule has 27 heavy (non-hydrogen) atoms. The molecule has 0 aromatic heterocycles. The summed E-state index contributed by atoms with van der Waals surface area (Å²) in [6.45, 7) is -0.543. The largest absolute Gasteiger partial charge is 0.496 e. The van der Waals surface area contributed by atoms with E-state index in [1.807, 2.05) is 0 Å². The number of halogens is 1. The molecular formula is C20H19FO6. The van der Waals surface area contributed by atoms with Gasteiger partial charge in [-0.3, -0.25) is 4.79 Å². The zero-order chi connectivity index (χ0) is 19.8. The van der Waals surface area contributed by atoms with Crippen LogP contribution in [0.25, 0.3) is 6.08 Å². The van der Waals surface area contributed by atoms with Crippen molar-refractivity contribution in [3.05, 3.63) is 59.4 Å². The number of hydrogen-bond donors (Lipinski definition) is 0. The maximum absolute atomic E-state index is 13.3. The lowest BCUT2D eigenvalue weighted by Crippen LogP contribution is -2.13. The van der Waals surface area contributed by atoms with E-state index in [1.54, 1.807) is 18.2 Å². The smallest absolute Gasteiger partial charge is 0.331 e. The molecule has 142 valence electrons. The molecule has 7 heteroatoms. The van der Waals surface area contributed by atoms with Crippen molar-refractivity contribution >= 4 is 17.8 Å². The van der Waals surface area contributed by atoms with Crippen LogP contribution >= 0.6 is 0 Å². The summed E-state index contributed by atoms with van der Waals surface area (Å²) in [5.74, 6) is -0.716. The van der Waals surface area contributed by atoms with Gasteiger partial charge in [0.25, 0.3) is 0 Å². The van der Waals surface area contributed by atoms with E-state index in [2.05, 4.69) is 0 Å². The second-order valence-electron chi connectivity index (χ2n) is 5.29. The normalized spacial score (nSPS) is 10.5. The number of para-hydroxylation sites is 1. The number of Topliss-reactive ketones (excluding diaryl/α,β-unsaturated/α-hetero) is 1. The third-order valence-corrected chi connectivity index (χ3v) is 3.64. The Bertz CT molecular complexity index is 860. The van der Waals surface area contributed by atoms with Gasteiger partial charge in [-0.2, -0.15) is 0 Å². The summed E-state index contributed by atoms with van der Waals surface area (Å²) >= 11 is 0. The highest BCUT2D eigenvalue weighted by molar-refractivity contribution is 6.01. The number of methoxy groups -OCH3 is 3. The Hall–Kier alpha value is -3.35. The first-order valence-corrected chi connectivity index (χ1v) is 7.92. The molecule has 0 fully saturated rings. The molecule has 0 heterocycles. The molecule has 2 aromatic rings. The molecule has 0 unspecified atom stereocenters. The lowest BCUT2D eigenvalue weighted by atomic mass is 10.1. The zero-order valence-electron chi connectivity index (χ0n) is 15.2. The van der Waals surface area contributed by atoms with Gasteiger partial charge in [0.15, 0.2) is 18.1 Å². The van der Waals surface area contributed by atoms with E-state index in [0.717, 1.165) is 12.1 Å². The van der Waals surface area contributed by atoms with Crippen LogP contribution < -0.4 is 14.2 Å². The third-order valence-electron chi connectivity index (χ3n) is 3.64. The number of carbonyl (C=O) groups is 2. The Morgan fingerprint density at radius 1 is 1.00 bits per heavy atom. The standard InChI is InChI=1S/C20H19FO6/c1-24-17-9-8-14(21)11-15(17)16(22)12-27-19(23)10-7-13-5-4-6-18(25-2)20(13)26-3/h4-11H,12H2,1-3H3/b10-7+. The van der Waals surface area contributed by atoms with Crippen molar-refractivity contribution in [2.45, 2.75) is 0 Å². The average Bonchev–Trinajstić information content (AvgIpc) is 2.69. The summed E-state index contributed by atoms with van der Waals surface area (Å²) in [5, 5.41) is 0. The van der Waals surface area contributed by atoms with Crippen LogP contribution in [-0.2, 0) is 9.53 Å². The molecule has 0 saturated heterocycles. The highest BCUT2D eigenvalue weighted by atomic mass is 19.1. The number of rotatable bonds is 8. The van der Waals surface area contributed by atoms with Crippen LogP contribution in [0.3, 0.4) is 0 Å². The number of esters is 1. The van der Waals surface area contributed by atoms with Crippen LogP contribution in [-0.4, -0.2) is 39.7 Å². The minimum atomic E-state index is -0.733. The summed E-state index contributed by atoms with van der Waals surface area (Å²) < 4.78 is 33.7. The summed E-state index contributed by atoms with van der Waals surface area (Å²) in [4.78, 5) is 24.0. The summed E-state index contributed by atoms with van der Waals surface area (Å²) in [7, 11) is 4.35. The first-order valence-electron chi connectivity index (χ1n) is 7.92. The molecule has 0 spiro atoms. The van der Waals surface area contributed by atoms with Gasteiger partial charge in [0.2, 0.25) is 5.78 Å². The molecule has 0 aliphatic heterocycles. The molecule has 0 aliphatic carbocycles. The van der Waals surface area contributed by atoms with Crippen molar-refractivity contribution in [2.75, 3.05) is 27.9 Å². The maximum atomic E-state index is 13.3. The number of benzene rings is 2. The van der Waals surface area contributed by atoms with Crippen LogP contribution in [0.2, 0.25) is 0 Å². The first kappa shape index (κ1) is 20.0. The molecular weight excluding hydrogens is 355 g/mol. The molecule has 0 radical (unpaired) electrons. The Morgan fingerprint density at radius 2 is 1.74 bits per heavy atom. The Morgan fingerprint density at radius 3 is 2.41 bits per heavy atom. The van der Waals surface area contributed by atoms with E-state index >= 15 is 0 Å². The van der Waals surface area contributed by atoms with Crippen LogP contribution in [0.1, 0.15) is 15.9 Å². The molecule has 0 amide bonds. The Kier molecular flexibility index (Phi) is 6.93. The van der Waals surface area contributed by atoms with E-state index < -0.39 is 24.2 Å². The molecule has 6 nitrogen and oxygen atoms in total. The molecule has 2 rings (SSSR count). The van der Waals surface area contributed by atoms with Gasteiger partial charge in [-0.1, -0.05) is 12.1 Å². The van der Waals surface area contributed by atoms with Gasteiger partial charge >= 0.3 is 5.97 Å². The van der Waals surface area contributed by atoms with Gasteiger partial charge in [0, 0.05) is 11.6 Å². The van der Waals surface area contributed by atoms with E-state index in [-0.39, 0.29) is 11.3 Å². The maximum Gasteiger partial charge on any atom is 0.331 e. The van der Waals surface area contributed by atoms with E-state index in [1.165, 1.54) is 39.5 Å². The SMILES string of the molecule is COc1ccc(F)cc1C(=O)COC(=O)/C=C/c1cccc(OC)c1OC. The first-order chi connectivity index (χ1) is 13.0. The second-order valence-corrected chi connectivity index (χ2v) is 5.29. The molecule has 0 bridgehead atoms. The fraction of sp³-hybridized carbons (Fsp3) is 0.200.